The number of rotatable bonds is 3. The van der Waals surface area contributed by atoms with Gasteiger partial charge in [-0.2, -0.15) is 13.2 Å². The molecule has 0 saturated heterocycles. The number of halogens is 3. The second-order valence-electron chi connectivity index (χ2n) is 5.59. The Balaban J connectivity index is 2.09. The second-order valence-corrected chi connectivity index (χ2v) is 5.59. The van der Waals surface area contributed by atoms with Gasteiger partial charge in [-0.05, 0) is 23.5 Å². The third kappa shape index (κ3) is 2.74. The Labute approximate surface area is 104 Å². The van der Waals surface area contributed by atoms with E-state index in [1.807, 2.05) is 13.8 Å². The van der Waals surface area contributed by atoms with Crippen LogP contribution >= 0.6 is 0 Å². The number of carbonyl (C=O) groups excluding carboxylic acids is 1. The van der Waals surface area contributed by atoms with Crippen LogP contribution in [0.2, 0.25) is 0 Å². The Bertz CT molecular complexity index is 474. The number of benzene rings is 1. The first kappa shape index (κ1) is 13.1. The summed E-state index contributed by atoms with van der Waals surface area (Å²) in [5.74, 6) is 0.0476. The molecule has 1 aromatic rings. The molecule has 18 heavy (non-hydrogen) atoms. The highest BCUT2D eigenvalue weighted by Crippen LogP contribution is 2.52. The summed E-state index contributed by atoms with van der Waals surface area (Å²) in [4.78, 5) is 11.9. The largest absolute Gasteiger partial charge is 0.416 e. The maximum Gasteiger partial charge on any atom is 0.416 e. The minimum absolute atomic E-state index is 0.00652. The zero-order valence-electron chi connectivity index (χ0n) is 10.3. The van der Waals surface area contributed by atoms with Crippen LogP contribution in [0.5, 0.6) is 0 Å². The van der Waals surface area contributed by atoms with E-state index in [1.54, 1.807) is 6.07 Å². The summed E-state index contributed by atoms with van der Waals surface area (Å²) in [6.45, 7) is 4.00. The molecule has 1 atom stereocenters. The van der Waals surface area contributed by atoms with E-state index in [2.05, 4.69) is 0 Å². The van der Waals surface area contributed by atoms with Gasteiger partial charge >= 0.3 is 6.18 Å². The smallest absolute Gasteiger partial charge is 0.299 e. The summed E-state index contributed by atoms with van der Waals surface area (Å²) in [5.41, 5.74) is -0.223. The van der Waals surface area contributed by atoms with Crippen molar-refractivity contribution in [1.82, 2.24) is 0 Å². The highest BCUT2D eigenvalue weighted by Gasteiger charge is 2.49. The van der Waals surface area contributed by atoms with Crippen molar-refractivity contribution in [3.8, 4) is 0 Å². The Kier molecular flexibility index (Phi) is 2.99. The van der Waals surface area contributed by atoms with Crippen molar-refractivity contribution in [3.63, 3.8) is 0 Å². The number of carbonyl (C=O) groups is 1. The predicted molar refractivity (Wildman–Crippen MR) is 62.0 cm³/mol. The molecule has 1 aromatic carbocycles. The summed E-state index contributed by atoms with van der Waals surface area (Å²) in [5, 5.41) is 0. The van der Waals surface area contributed by atoms with E-state index in [0.29, 0.717) is 5.56 Å². The lowest BCUT2D eigenvalue weighted by Crippen LogP contribution is -2.11. The Morgan fingerprint density at radius 2 is 2.00 bits per heavy atom. The van der Waals surface area contributed by atoms with Crippen molar-refractivity contribution < 1.29 is 18.0 Å². The number of alkyl halides is 3. The van der Waals surface area contributed by atoms with Gasteiger partial charge in [-0.15, -0.1) is 0 Å². The average Bonchev–Trinajstić information content (AvgIpc) is 2.87. The first-order valence-corrected chi connectivity index (χ1v) is 5.89. The first-order valence-electron chi connectivity index (χ1n) is 5.89. The van der Waals surface area contributed by atoms with Gasteiger partial charge in [0.25, 0.3) is 0 Å². The molecule has 1 aliphatic rings. The lowest BCUT2D eigenvalue weighted by Gasteiger charge is -2.08. The third-order valence-electron chi connectivity index (χ3n) is 3.53. The van der Waals surface area contributed by atoms with Gasteiger partial charge in [0.05, 0.1) is 5.56 Å². The molecule has 0 aliphatic heterocycles. The zero-order chi connectivity index (χ0) is 13.6. The molecule has 0 aromatic heterocycles. The third-order valence-corrected chi connectivity index (χ3v) is 3.53. The zero-order valence-corrected chi connectivity index (χ0v) is 10.3. The molecule has 98 valence electrons. The molecular formula is C14H15F3O. The Morgan fingerprint density at radius 1 is 1.39 bits per heavy atom. The fourth-order valence-electron chi connectivity index (χ4n) is 2.20. The van der Waals surface area contributed by atoms with E-state index >= 15 is 0 Å². The molecule has 1 nitrogen and oxygen atoms in total. The molecule has 0 amide bonds. The van der Waals surface area contributed by atoms with E-state index in [-0.39, 0.29) is 23.5 Å². The van der Waals surface area contributed by atoms with E-state index in [4.69, 9.17) is 0 Å². The lowest BCUT2D eigenvalue weighted by molar-refractivity contribution is -0.137. The van der Waals surface area contributed by atoms with Crippen molar-refractivity contribution in [3.05, 3.63) is 35.4 Å². The molecule has 1 aliphatic carbocycles. The second kappa shape index (κ2) is 4.11. The lowest BCUT2D eigenvalue weighted by atomic mass is 10.00. The maximum atomic E-state index is 12.5. The molecule has 4 heteroatoms. The van der Waals surface area contributed by atoms with Crippen molar-refractivity contribution in [2.45, 2.75) is 32.9 Å². The summed E-state index contributed by atoms with van der Waals surface area (Å²) in [6, 6.07) is 5.01. The SMILES string of the molecule is CC1(C)CC1C(=O)Cc1cccc(C(F)(F)F)c1. The molecule has 0 spiro atoms. The molecule has 0 heterocycles. The van der Waals surface area contributed by atoms with E-state index < -0.39 is 11.7 Å². The van der Waals surface area contributed by atoms with E-state index in [1.165, 1.54) is 6.07 Å². The molecule has 1 saturated carbocycles. The van der Waals surface area contributed by atoms with Crippen LogP contribution in [0, 0.1) is 11.3 Å². The number of ketones is 1. The molecular weight excluding hydrogens is 241 g/mol. The Hall–Kier alpha value is -1.32. The van der Waals surface area contributed by atoms with Crippen LogP contribution in [-0.2, 0) is 17.4 Å². The van der Waals surface area contributed by atoms with Gasteiger partial charge in [-0.3, -0.25) is 4.79 Å². The van der Waals surface area contributed by atoms with Gasteiger partial charge in [0, 0.05) is 12.3 Å². The maximum absolute atomic E-state index is 12.5. The molecule has 1 fully saturated rings. The monoisotopic (exact) mass is 256 g/mol. The summed E-state index contributed by atoms with van der Waals surface area (Å²) in [7, 11) is 0. The van der Waals surface area contributed by atoms with Gasteiger partial charge in [0.1, 0.15) is 5.78 Å². The van der Waals surface area contributed by atoms with Crippen LogP contribution in [0.4, 0.5) is 13.2 Å². The van der Waals surface area contributed by atoms with Crippen molar-refractivity contribution >= 4 is 5.78 Å². The highest BCUT2D eigenvalue weighted by atomic mass is 19.4. The van der Waals surface area contributed by atoms with Crippen LogP contribution < -0.4 is 0 Å². The van der Waals surface area contributed by atoms with Crippen LogP contribution in [-0.4, -0.2) is 5.78 Å². The number of Topliss-reactive ketones (excluding diaryl/α,β-unsaturated/α-hetero) is 1. The van der Waals surface area contributed by atoms with Crippen LogP contribution in [0.25, 0.3) is 0 Å². The minimum Gasteiger partial charge on any atom is -0.299 e. The Morgan fingerprint density at radius 3 is 2.50 bits per heavy atom. The first-order chi connectivity index (χ1) is 8.20. The van der Waals surface area contributed by atoms with E-state index in [0.717, 1.165) is 18.6 Å². The summed E-state index contributed by atoms with van der Waals surface area (Å²) in [6.07, 6.45) is -3.42. The van der Waals surface area contributed by atoms with Crippen molar-refractivity contribution in [2.24, 2.45) is 11.3 Å². The summed E-state index contributed by atoms with van der Waals surface area (Å²) < 4.78 is 37.5. The number of hydrogen-bond acceptors (Lipinski definition) is 1. The topological polar surface area (TPSA) is 17.1 Å². The standard InChI is InChI=1S/C14H15F3O/c1-13(2)8-11(13)12(18)7-9-4-3-5-10(6-9)14(15,16)17/h3-6,11H,7-8H2,1-2H3. The van der Waals surface area contributed by atoms with E-state index in [9.17, 15) is 18.0 Å². The van der Waals surface area contributed by atoms with Crippen LogP contribution in [0.1, 0.15) is 31.4 Å². The molecule has 0 radical (unpaired) electrons. The molecule has 2 rings (SSSR count). The number of hydrogen-bond donors (Lipinski definition) is 0. The highest BCUT2D eigenvalue weighted by molar-refractivity contribution is 5.86. The molecule has 1 unspecified atom stereocenters. The van der Waals surface area contributed by atoms with Crippen LogP contribution in [0.3, 0.4) is 0 Å². The fourth-order valence-corrected chi connectivity index (χ4v) is 2.20. The van der Waals surface area contributed by atoms with Crippen LogP contribution in [0.15, 0.2) is 24.3 Å². The average molecular weight is 256 g/mol. The van der Waals surface area contributed by atoms with Gasteiger partial charge in [-0.25, -0.2) is 0 Å². The van der Waals surface area contributed by atoms with Gasteiger partial charge < -0.3 is 0 Å². The quantitative estimate of drug-likeness (QED) is 0.802. The van der Waals surface area contributed by atoms with Gasteiger partial charge in [0.15, 0.2) is 0 Å². The fraction of sp³-hybridized carbons (Fsp3) is 0.500. The van der Waals surface area contributed by atoms with Crippen molar-refractivity contribution in [1.29, 1.82) is 0 Å². The van der Waals surface area contributed by atoms with Crippen molar-refractivity contribution in [2.75, 3.05) is 0 Å². The normalized spacial score (nSPS) is 21.7. The van der Waals surface area contributed by atoms with Gasteiger partial charge in [-0.1, -0.05) is 32.0 Å². The van der Waals surface area contributed by atoms with Gasteiger partial charge in [0.2, 0.25) is 0 Å². The minimum atomic E-state index is -4.35. The molecule has 0 bridgehead atoms. The summed E-state index contributed by atoms with van der Waals surface area (Å²) >= 11 is 0. The molecule has 0 N–H and O–H groups in total. The predicted octanol–water partition coefficient (Wildman–Crippen LogP) is 3.86.